The van der Waals surface area contributed by atoms with Gasteiger partial charge in [0, 0.05) is 30.8 Å². The lowest BCUT2D eigenvalue weighted by atomic mass is 9.85. The fourth-order valence-electron chi connectivity index (χ4n) is 4.54. The Hall–Kier alpha value is -3.28. The molecule has 0 radical (unpaired) electrons. The minimum atomic E-state index is -0.276. The number of hydrogen-bond donors (Lipinski definition) is 0. The summed E-state index contributed by atoms with van der Waals surface area (Å²) >= 11 is 0. The summed E-state index contributed by atoms with van der Waals surface area (Å²) in [5, 5.41) is 8.77. The van der Waals surface area contributed by atoms with Gasteiger partial charge in [-0.2, -0.15) is 0 Å². The van der Waals surface area contributed by atoms with Crippen molar-refractivity contribution in [3.63, 3.8) is 0 Å². The van der Waals surface area contributed by atoms with Crippen LogP contribution >= 0.6 is 0 Å². The highest BCUT2D eigenvalue weighted by Gasteiger charge is 2.48. The first-order valence-corrected chi connectivity index (χ1v) is 9.97. The Labute approximate surface area is 168 Å². The molecular weight excluding hydrogens is 364 g/mol. The van der Waals surface area contributed by atoms with Gasteiger partial charge in [-0.15, -0.1) is 10.2 Å². The number of aromatic nitrogens is 3. The summed E-state index contributed by atoms with van der Waals surface area (Å²) in [4.78, 5) is 27.9. The van der Waals surface area contributed by atoms with Crippen LogP contribution in [-0.4, -0.2) is 38.7 Å². The normalized spacial score (nSPS) is 20.2. The predicted octanol–water partition coefficient (Wildman–Crippen LogP) is 2.80. The van der Waals surface area contributed by atoms with E-state index in [1.165, 1.54) is 0 Å². The molecule has 0 unspecified atom stereocenters. The van der Waals surface area contributed by atoms with Crippen molar-refractivity contribution in [2.45, 2.75) is 31.7 Å². The molecule has 1 aromatic heterocycles. The Morgan fingerprint density at radius 2 is 1.69 bits per heavy atom. The third-order valence-electron chi connectivity index (χ3n) is 6.22. The number of likely N-dealkylation sites (tertiary alicyclic amines) is 1. The molecule has 146 valence electrons. The van der Waals surface area contributed by atoms with E-state index in [4.69, 9.17) is 0 Å². The molecule has 3 aromatic rings. The summed E-state index contributed by atoms with van der Waals surface area (Å²) in [5.74, 6) is 0.762. The van der Waals surface area contributed by atoms with E-state index in [0.29, 0.717) is 30.9 Å². The van der Waals surface area contributed by atoms with E-state index in [2.05, 4.69) is 10.2 Å². The molecule has 1 saturated heterocycles. The Morgan fingerprint density at radius 1 is 0.966 bits per heavy atom. The first-order chi connectivity index (χ1) is 14.1. The second-order valence-electron chi connectivity index (χ2n) is 8.07. The molecule has 1 atom stereocenters. The van der Waals surface area contributed by atoms with Crippen molar-refractivity contribution in [1.82, 2.24) is 19.7 Å². The van der Waals surface area contributed by atoms with Gasteiger partial charge in [-0.05, 0) is 31.9 Å². The van der Waals surface area contributed by atoms with E-state index in [1.807, 2.05) is 66.4 Å². The van der Waals surface area contributed by atoms with Gasteiger partial charge in [0.05, 0.1) is 5.41 Å². The molecule has 0 bridgehead atoms. The Kier molecular flexibility index (Phi) is 4.08. The van der Waals surface area contributed by atoms with Crippen molar-refractivity contribution in [1.29, 1.82) is 0 Å². The van der Waals surface area contributed by atoms with Crippen LogP contribution in [0.2, 0.25) is 0 Å². The maximum atomic E-state index is 13.1. The highest BCUT2D eigenvalue weighted by molar-refractivity contribution is 5.94. The zero-order valence-electron chi connectivity index (χ0n) is 16.3. The topological polar surface area (TPSA) is 68.1 Å². The molecule has 0 aliphatic carbocycles. The van der Waals surface area contributed by atoms with Crippen LogP contribution < -0.4 is 5.56 Å². The van der Waals surface area contributed by atoms with Crippen LogP contribution in [0.1, 0.15) is 34.6 Å². The van der Waals surface area contributed by atoms with Crippen LogP contribution in [0.15, 0.2) is 59.4 Å². The van der Waals surface area contributed by atoms with Crippen molar-refractivity contribution in [3.05, 3.63) is 81.9 Å². The highest BCUT2D eigenvalue weighted by atomic mass is 16.2. The van der Waals surface area contributed by atoms with Crippen molar-refractivity contribution in [2.24, 2.45) is 0 Å². The molecule has 1 spiro atoms. The maximum Gasteiger partial charge on any atom is 0.280 e. The highest BCUT2D eigenvalue weighted by Crippen LogP contribution is 2.41. The van der Waals surface area contributed by atoms with Gasteiger partial charge in [0.1, 0.15) is 5.82 Å². The van der Waals surface area contributed by atoms with Crippen molar-refractivity contribution < 1.29 is 4.79 Å². The minimum absolute atomic E-state index is 0.0385. The third-order valence-corrected chi connectivity index (χ3v) is 6.22. The van der Waals surface area contributed by atoms with Crippen molar-refractivity contribution in [3.8, 4) is 11.3 Å². The molecule has 2 aliphatic heterocycles. The molecule has 2 aromatic carbocycles. The fourth-order valence-corrected chi connectivity index (χ4v) is 4.54. The lowest BCUT2D eigenvalue weighted by molar-refractivity contribution is 0.0783. The van der Waals surface area contributed by atoms with Gasteiger partial charge in [0.15, 0.2) is 5.69 Å². The second kappa shape index (κ2) is 6.65. The zero-order valence-corrected chi connectivity index (χ0v) is 16.3. The van der Waals surface area contributed by atoms with Gasteiger partial charge in [-0.1, -0.05) is 48.0 Å². The van der Waals surface area contributed by atoms with Gasteiger partial charge < -0.3 is 4.90 Å². The maximum absolute atomic E-state index is 13.1. The average Bonchev–Trinajstić information content (AvgIpc) is 3.34. The monoisotopic (exact) mass is 386 g/mol. The Bertz CT molecular complexity index is 1140. The number of aryl methyl sites for hydroxylation is 1. The lowest BCUT2D eigenvalue weighted by Gasteiger charge is -2.23. The van der Waals surface area contributed by atoms with Crippen LogP contribution in [0.5, 0.6) is 0 Å². The van der Waals surface area contributed by atoms with E-state index < -0.39 is 0 Å². The minimum Gasteiger partial charge on any atom is -0.338 e. The summed E-state index contributed by atoms with van der Waals surface area (Å²) in [6, 6.07) is 17.1. The van der Waals surface area contributed by atoms with E-state index in [0.717, 1.165) is 29.8 Å². The summed E-state index contributed by atoms with van der Waals surface area (Å²) in [6.07, 6.45) is 1.62. The van der Waals surface area contributed by atoms with Crippen molar-refractivity contribution >= 4 is 5.91 Å². The van der Waals surface area contributed by atoms with Crippen LogP contribution in [-0.2, 0) is 12.0 Å². The number of nitrogens with zero attached hydrogens (tertiary/aromatic N) is 4. The average molecular weight is 386 g/mol. The van der Waals surface area contributed by atoms with Gasteiger partial charge in [0.25, 0.3) is 11.5 Å². The number of rotatable bonds is 2. The largest absolute Gasteiger partial charge is 0.338 e. The molecule has 0 saturated carbocycles. The molecule has 1 fully saturated rings. The van der Waals surface area contributed by atoms with Crippen LogP contribution in [0.25, 0.3) is 11.3 Å². The van der Waals surface area contributed by atoms with E-state index in [-0.39, 0.29) is 16.9 Å². The fraction of sp³-hybridized carbons (Fsp3) is 0.304. The van der Waals surface area contributed by atoms with Gasteiger partial charge in [-0.25, -0.2) is 0 Å². The number of hydrogen-bond acceptors (Lipinski definition) is 4. The zero-order chi connectivity index (χ0) is 20.0. The summed E-state index contributed by atoms with van der Waals surface area (Å²) in [5.41, 5.74) is 2.63. The number of carbonyl (C=O) groups is 1. The SMILES string of the molecule is Cc1ccc(C(=O)N2CC[C@@]3(CCn4c3nnc(-c3ccccc3)c4=O)C2)cc1. The molecule has 6 heteroatoms. The molecule has 6 nitrogen and oxygen atoms in total. The lowest BCUT2D eigenvalue weighted by Crippen LogP contribution is -2.35. The summed E-state index contributed by atoms with van der Waals surface area (Å²) in [7, 11) is 0. The molecule has 1 amide bonds. The smallest absolute Gasteiger partial charge is 0.280 e. The summed E-state index contributed by atoms with van der Waals surface area (Å²) in [6.45, 7) is 3.88. The third kappa shape index (κ3) is 2.87. The number of fused-ring (bicyclic) bond motifs is 2. The Balaban J connectivity index is 1.45. The van der Waals surface area contributed by atoms with Crippen molar-refractivity contribution in [2.75, 3.05) is 13.1 Å². The van der Waals surface area contributed by atoms with E-state index in [1.54, 1.807) is 4.57 Å². The van der Waals surface area contributed by atoms with Gasteiger partial charge in [0.2, 0.25) is 0 Å². The quantitative estimate of drug-likeness (QED) is 0.679. The first-order valence-electron chi connectivity index (χ1n) is 9.97. The predicted molar refractivity (Wildman–Crippen MR) is 110 cm³/mol. The van der Waals surface area contributed by atoms with E-state index >= 15 is 0 Å². The van der Waals surface area contributed by atoms with Gasteiger partial charge in [-0.3, -0.25) is 14.2 Å². The number of amides is 1. The first kappa shape index (κ1) is 17.8. The molecule has 2 aliphatic rings. The summed E-state index contributed by atoms with van der Waals surface area (Å²) < 4.78 is 1.76. The molecule has 0 N–H and O–H groups in total. The molecule has 3 heterocycles. The molecule has 29 heavy (non-hydrogen) atoms. The van der Waals surface area contributed by atoms with Crippen LogP contribution in [0.3, 0.4) is 0 Å². The number of benzene rings is 2. The molecular formula is C23H22N4O2. The number of carbonyl (C=O) groups excluding carboxylic acids is 1. The van der Waals surface area contributed by atoms with Gasteiger partial charge >= 0.3 is 0 Å². The van der Waals surface area contributed by atoms with Crippen LogP contribution in [0.4, 0.5) is 0 Å². The van der Waals surface area contributed by atoms with Crippen LogP contribution in [0, 0.1) is 6.92 Å². The Morgan fingerprint density at radius 3 is 2.45 bits per heavy atom. The van der Waals surface area contributed by atoms with E-state index in [9.17, 15) is 9.59 Å². The standard InChI is InChI=1S/C23H22N4O2/c1-16-7-9-18(10-8-16)20(28)26-13-11-23(15-26)12-14-27-21(29)19(24-25-22(23)27)17-5-3-2-4-6-17/h2-10H,11-15H2,1H3/t23-/m1/s1. The molecule has 5 rings (SSSR count). The second-order valence-corrected chi connectivity index (χ2v) is 8.07.